The van der Waals surface area contributed by atoms with Crippen LogP contribution in [0.25, 0.3) is 5.69 Å². The number of morpholine rings is 1. The lowest BCUT2D eigenvalue weighted by Gasteiger charge is -2.32. The maximum atomic E-state index is 5.93. The molecule has 0 amide bonds. The van der Waals surface area contributed by atoms with E-state index in [1.807, 2.05) is 12.3 Å². The molecule has 0 aliphatic carbocycles. The number of benzene rings is 1. The third-order valence-corrected chi connectivity index (χ3v) is 7.96. The van der Waals surface area contributed by atoms with Crippen molar-refractivity contribution in [2.24, 2.45) is 0 Å². The van der Waals surface area contributed by atoms with Crippen LogP contribution < -0.4 is 5.32 Å². The van der Waals surface area contributed by atoms with Crippen LogP contribution in [0, 0.1) is 34.6 Å². The molecule has 7 heteroatoms. The molecule has 0 saturated carbocycles. The lowest BCUT2D eigenvalue weighted by molar-refractivity contribution is 0.0350. The van der Waals surface area contributed by atoms with Gasteiger partial charge < -0.3 is 19.5 Å². The van der Waals surface area contributed by atoms with E-state index >= 15 is 0 Å². The summed E-state index contributed by atoms with van der Waals surface area (Å²) in [6.45, 7) is 16.4. The van der Waals surface area contributed by atoms with Crippen molar-refractivity contribution in [3.8, 4) is 5.69 Å². The van der Waals surface area contributed by atoms with Crippen LogP contribution in [0.4, 0.5) is 0 Å². The number of nitrogens with zero attached hydrogens (tertiary/aromatic N) is 4. The van der Waals surface area contributed by atoms with Crippen LogP contribution in [-0.2, 0) is 4.74 Å². The highest BCUT2D eigenvalue weighted by atomic mass is 32.1. The zero-order valence-corrected chi connectivity index (χ0v) is 22.9. The molecule has 1 aromatic carbocycles. The number of aromatic nitrogens is 2. The summed E-state index contributed by atoms with van der Waals surface area (Å²) in [4.78, 5) is 9.58. The van der Waals surface area contributed by atoms with Crippen LogP contribution in [0.2, 0.25) is 0 Å². The highest BCUT2D eigenvalue weighted by molar-refractivity contribution is 7.80. The zero-order valence-electron chi connectivity index (χ0n) is 22.0. The van der Waals surface area contributed by atoms with Gasteiger partial charge in [-0.3, -0.25) is 9.88 Å². The predicted molar refractivity (Wildman–Crippen MR) is 149 cm³/mol. The Morgan fingerprint density at radius 2 is 1.72 bits per heavy atom. The van der Waals surface area contributed by atoms with Crippen molar-refractivity contribution in [2.45, 2.75) is 46.7 Å². The summed E-state index contributed by atoms with van der Waals surface area (Å²) in [5.41, 5.74) is 10.00. The molecule has 4 heterocycles. The minimum Gasteiger partial charge on any atom is -0.379 e. The smallest absolute Gasteiger partial charge is 0.170 e. The van der Waals surface area contributed by atoms with Crippen LogP contribution in [0.1, 0.15) is 51.4 Å². The average Bonchev–Trinajstić information content (AvgIpc) is 3.34. The van der Waals surface area contributed by atoms with Gasteiger partial charge in [-0.2, -0.15) is 0 Å². The molecule has 2 atom stereocenters. The van der Waals surface area contributed by atoms with Crippen molar-refractivity contribution in [1.29, 1.82) is 0 Å². The van der Waals surface area contributed by atoms with Gasteiger partial charge in [-0.25, -0.2) is 0 Å². The third kappa shape index (κ3) is 4.67. The predicted octanol–water partition coefficient (Wildman–Crippen LogP) is 4.72. The quantitative estimate of drug-likeness (QED) is 0.491. The van der Waals surface area contributed by atoms with Crippen molar-refractivity contribution >= 4 is 17.3 Å². The van der Waals surface area contributed by atoms with Crippen LogP contribution >= 0.6 is 12.2 Å². The van der Waals surface area contributed by atoms with Crippen molar-refractivity contribution < 1.29 is 4.74 Å². The summed E-state index contributed by atoms with van der Waals surface area (Å²) in [7, 11) is 0. The number of hydrogen-bond acceptors (Lipinski definition) is 4. The number of ether oxygens (including phenoxy) is 1. The summed E-state index contributed by atoms with van der Waals surface area (Å²) < 4.78 is 7.98. The minimum absolute atomic E-state index is 0.00227. The van der Waals surface area contributed by atoms with E-state index in [4.69, 9.17) is 21.9 Å². The third-order valence-electron chi connectivity index (χ3n) is 7.61. The number of rotatable bonds is 6. The van der Waals surface area contributed by atoms with Gasteiger partial charge in [-0.15, -0.1) is 0 Å². The second-order valence-corrected chi connectivity index (χ2v) is 10.6. The molecule has 2 aromatic heterocycles. The first-order valence-corrected chi connectivity index (χ1v) is 13.3. The Hall–Kier alpha value is -2.74. The van der Waals surface area contributed by atoms with Crippen LogP contribution in [0.15, 0.2) is 42.6 Å². The molecule has 2 aliphatic heterocycles. The summed E-state index contributed by atoms with van der Waals surface area (Å²) in [5, 5.41) is 4.43. The van der Waals surface area contributed by atoms with Gasteiger partial charge in [0.1, 0.15) is 0 Å². The summed E-state index contributed by atoms with van der Waals surface area (Å²) in [5.74, 6) is 0. The Bertz CT molecular complexity index is 1230. The van der Waals surface area contributed by atoms with E-state index in [2.05, 4.69) is 84.6 Å². The standard InChI is InChI=1S/C29H37N5OS/c1-19-16-20(2)27(21(3)17-19)34-22(4)18-24(23(34)5)28-26(25-8-6-7-9-30-25)31-29(36)33(28)11-10-32-12-14-35-15-13-32/h6-9,16-18,26,28H,10-15H2,1-5H3,(H,31,36)/t26-,28-/m1/s1. The van der Waals surface area contributed by atoms with Gasteiger partial charge >= 0.3 is 0 Å². The monoisotopic (exact) mass is 503 g/mol. The van der Waals surface area contributed by atoms with E-state index in [1.165, 1.54) is 39.3 Å². The second kappa shape index (κ2) is 10.3. The van der Waals surface area contributed by atoms with E-state index in [-0.39, 0.29) is 12.1 Å². The van der Waals surface area contributed by atoms with Gasteiger partial charge in [0.2, 0.25) is 0 Å². The van der Waals surface area contributed by atoms with Crippen LogP contribution in [0.3, 0.4) is 0 Å². The molecule has 3 aromatic rings. The first kappa shape index (κ1) is 24.9. The Morgan fingerprint density at radius 3 is 2.39 bits per heavy atom. The van der Waals surface area contributed by atoms with Gasteiger partial charge in [0, 0.05) is 43.8 Å². The van der Waals surface area contributed by atoms with Crippen molar-refractivity contribution in [2.75, 3.05) is 39.4 Å². The highest BCUT2D eigenvalue weighted by Gasteiger charge is 2.41. The van der Waals surface area contributed by atoms with Crippen molar-refractivity contribution in [3.63, 3.8) is 0 Å². The lowest BCUT2D eigenvalue weighted by Crippen LogP contribution is -2.42. The Kier molecular flexibility index (Phi) is 7.15. The molecule has 5 rings (SSSR count). The van der Waals surface area contributed by atoms with E-state index in [0.717, 1.165) is 50.2 Å². The number of aryl methyl sites for hydroxylation is 4. The largest absolute Gasteiger partial charge is 0.379 e. The molecule has 2 saturated heterocycles. The van der Waals surface area contributed by atoms with Crippen LogP contribution in [-0.4, -0.2) is 63.9 Å². The first-order valence-electron chi connectivity index (χ1n) is 12.9. The molecule has 36 heavy (non-hydrogen) atoms. The fourth-order valence-corrected chi connectivity index (χ4v) is 6.35. The van der Waals surface area contributed by atoms with Gasteiger partial charge in [-0.05, 0) is 81.7 Å². The number of nitrogens with one attached hydrogen (secondary N) is 1. The van der Waals surface area contributed by atoms with E-state index < -0.39 is 0 Å². The maximum absolute atomic E-state index is 5.93. The molecule has 0 bridgehead atoms. The van der Waals surface area contributed by atoms with E-state index in [1.54, 1.807) is 0 Å². The van der Waals surface area contributed by atoms with Gasteiger partial charge in [0.05, 0.1) is 36.7 Å². The Labute approximate surface area is 220 Å². The summed E-state index contributed by atoms with van der Waals surface area (Å²) in [6.07, 6.45) is 1.87. The minimum atomic E-state index is -0.00227. The molecule has 190 valence electrons. The number of pyridine rings is 1. The highest BCUT2D eigenvalue weighted by Crippen LogP contribution is 2.41. The lowest BCUT2D eigenvalue weighted by atomic mass is 9.96. The molecule has 6 nitrogen and oxygen atoms in total. The van der Waals surface area contributed by atoms with Crippen molar-refractivity contribution in [3.05, 3.63) is 81.9 Å². The Morgan fingerprint density at radius 1 is 1.00 bits per heavy atom. The molecular weight excluding hydrogens is 466 g/mol. The van der Waals surface area contributed by atoms with E-state index in [9.17, 15) is 0 Å². The molecule has 0 unspecified atom stereocenters. The summed E-state index contributed by atoms with van der Waals surface area (Å²) in [6, 6.07) is 13.1. The normalized spacial score (nSPS) is 20.7. The van der Waals surface area contributed by atoms with Crippen LogP contribution in [0.5, 0.6) is 0 Å². The SMILES string of the molecule is Cc1cc(C)c(-n2c(C)cc([C@@H]3[C@@H](c4ccccn4)NC(=S)N3CCN3CCOCC3)c2C)c(C)c1. The number of hydrogen-bond donors (Lipinski definition) is 1. The topological polar surface area (TPSA) is 45.6 Å². The molecular formula is C29H37N5OS. The molecule has 0 spiro atoms. The Balaban J connectivity index is 1.56. The summed E-state index contributed by atoms with van der Waals surface area (Å²) >= 11 is 5.93. The molecule has 0 radical (unpaired) electrons. The maximum Gasteiger partial charge on any atom is 0.170 e. The fourth-order valence-electron chi connectivity index (χ4n) is 6.02. The molecule has 2 aliphatic rings. The van der Waals surface area contributed by atoms with E-state index in [0.29, 0.717) is 0 Å². The average molecular weight is 504 g/mol. The van der Waals surface area contributed by atoms with Gasteiger partial charge in [0.15, 0.2) is 5.11 Å². The zero-order chi connectivity index (χ0) is 25.4. The first-order chi connectivity index (χ1) is 17.3. The number of thiocarbonyl (C=S) groups is 1. The van der Waals surface area contributed by atoms with Crippen molar-refractivity contribution in [1.82, 2.24) is 24.7 Å². The molecule has 1 N–H and O–H groups in total. The van der Waals surface area contributed by atoms with Gasteiger partial charge in [0.25, 0.3) is 0 Å². The second-order valence-electron chi connectivity index (χ2n) is 10.2. The molecule has 2 fully saturated rings. The van der Waals surface area contributed by atoms with Gasteiger partial charge in [-0.1, -0.05) is 23.8 Å². The fraction of sp³-hybridized carbons (Fsp3) is 0.448.